The van der Waals surface area contributed by atoms with Gasteiger partial charge in [0.2, 0.25) is 0 Å². The predicted molar refractivity (Wildman–Crippen MR) is 60.7 cm³/mol. The Bertz CT molecular complexity index is 876. The molecule has 0 saturated carbocycles. The molecule has 0 aromatic heterocycles. The van der Waals surface area contributed by atoms with E-state index in [1.165, 1.54) is 0 Å². The molecule has 9 heteroatoms. The Morgan fingerprint density at radius 2 is 0.444 bits per heavy atom. The molecule has 0 rings (SSSR count). The second-order valence-corrected chi connectivity index (χ2v) is 57.7. The fraction of sp³-hybridized carbons (Fsp3) is 0. The van der Waals surface area contributed by atoms with Gasteiger partial charge in [-0.15, -0.1) is 0 Å². The summed E-state index contributed by atoms with van der Waals surface area (Å²) in [5.74, 6) is 0. The summed E-state index contributed by atoms with van der Waals surface area (Å²) in [5, 5.41) is 0. The molecule has 0 aliphatic heterocycles. The van der Waals surface area contributed by atoms with Gasteiger partial charge in [0.05, 0.1) is 0 Å². The van der Waals surface area contributed by atoms with Crippen LogP contribution in [0.1, 0.15) is 0 Å². The molecule has 0 fully saturated rings. The molecule has 0 amide bonds. The van der Waals surface area contributed by atoms with Crippen molar-refractivity contribution in [3.63, 3.8) is 0 Å². The minimum atomic E-state index is -6.11. The molecule has 0 unspecified atom stereocenters. The van der Waals surface area contributed by atoms with Crippen molar-refractivity contribution < 1.29 is -4.47 Å². The Balaban J connectivity index is 11.7. The third kappa shape index (κ3) is 137. The van der Waals surface area contributed by atoms with Crippen molar-refractivity contribution in [3.8, 4) is 0 Å². The molecular weight excluding hydrogens is 315 g/mol. The molecule has 0 aromatic carbocycles. The summed E-state index contributed by atoms with van der Waals surface area (Å²) < 4.78 is -6.11. The molecule has 57 valence electrons. The van der Waals surface area contributed by atoms with Gasteiger partial charge in [0.1, 0.15) is 0 Å². The second kappa shape index (κ2) is 0.962. The van der Waals surface area contributed by atoms with E-state index >= 15 is 0 Å². The van der Waals surface area contributed by atoms with Crippen molar-refractivity contribution in [2.24, 2.45) is 0 Å². The van der Waals surface area contributed by atoms with Crippen LogP contribution in [0.4, 0.5) is 0 Å². The van der Waals surface area contributed by atoms with Crippen molar-refractivity contribution in [1.82, 2.24) is 0 Å². The molecule has 9 heavy (non-hydrogen) atoms. The van der Waals surface area contributed by atoms with Crippen molar-refractivity contribution in [2.75, 3.05) is 0 Å². The summed E-state index contributed by atoms with van der Waals surface area (Å²) in [6.07, 6.45) is 0. The standard InChI is InChI=1S/Co.8S. The summed E-state index contributed by atoms with van der Waals surface area (Å²) in [4.78, 5) is 0. The quantitative estimate of drug-likeness (QED) is 0.592. The van der Waals surface area contributed by atoms with Crippen LogP contribution in [0, 0.1) is 0 Å². The van der Waals surface area contributed by atoms with E-state index in [-0.39, 0.29) is 0 Å². The Morgan fingerprint density at radius 3 is 0.444 bits per heavy atom. The molecule has 0 aliphatic carbocycles. The first kappa shape index (κ1) is 11.3. The van der Waals surface area contributed by atoms with Crippen LogP contribution in [0.3, 0.4) is 0 Å². The van der Waals surface area contributed by atoms with Crippen LogP contribution in [0.25, 0.3) is 0 Å². The van der Waals surface area contributed by atoms with Gasteiger partial charge in [-0.1, -0.05) is 0 Å². The third-order valence-corrected chi connectivity index (χ3v) is 0. The summed E-state index contributed by atoms with van der Waals surface area (Å²) in [7, 11) is 35.9. The van der Waals surface area contributed by atoms with Crippen molar-refractivity contribution in [2.45, 2.75) is 0 Å². The molecule has 0 spiro atoms. The van der Waals surface area contributed by atoms with E-state index in [9.17, 15) is 0 Å². The van der Waals surface area contributed by atoms with Gasteiger partial charge in [-0.25, -0.2) is 0 Å². The summed E-state index contributed by atoms with van der Waals surface area (Å²) in [6.45, 7) is 0. The molecule has 0 nitrogen and oxygen atoms in total. The van der Waals surface area contributed by atoms with Crippen LogP contribution in [-0.2, 0) is -4.47 Å². The number of hydrogen-bond acceptors (Lipinski definition) is 8. The fourth-order valence-electron chi connectivity index (χ4n) is 0. The molecule has 0 aromatic rings. The van der Waals surface area contributed by atoms with E-state index in [1.807, 2.05) is 0 Å². The van der Waals surface area contributed by atoms with Gasteiger partial charge in [0.15, 0.2) is 0 Å². The molecule has 0 saturated heterocycles. The average molecular weight is 315 g/mol. The molecule has 0 aliphatic rings. The molecule has 0 bridgehead atoms. The van der Waals surface area contributed by atoms with Crippen LogP contribution in [0.2, 0.25) is 0 Å². The Hall–Kier alpha value is 2.27. The van der Waals surface area contributed by atoms with Crippen LogP contribution in [0.5, 0.6) is 0 Å². The predicted octanol–water partition coefficient (Wildman–Crippen LogP) is 5.18. The Kier molecular flexibility index (Phi) is 1.20. The normalized spacial score (nSPS) is 30.2. The monoisotopic (exact) mass is 315 g/mol. The molecule has 0 radical (unpaired) electrons. The molecule has 0 N–H and O–H groups in total. The van der Waals surface area contributed by atoms with Gasteiger partial charge in [-0.3, -0.25) is 0 Å². The summed E-state index contributed by atoms with van der Waals surface area (Å²) in [6, 6.07) is 0. The van der Waals surface area contributed by atoms with E-state index in [1.54, 1.807) is 0 Å². The third-order valence-electron chi connectivity index (χ3n) is 0. The van der Waals surface area contributed by atoms with Gasteiger partial charge in [0.25, 0.3) is 0 Å². The van der Waals surface area contributed by atoms with E-state index in [0.717, 1.165) is 0 Å². The van der Waals surface area contributed by atoms with Crippen molar-refractivity contribution in [3.05, 3.63) is 0 Å². The first-order chi connectivity index (χ1) is 2.83. The zero-order chi connectivity index (χ0) is 8.35. The SMILES string of the molecule is [S]=[Co](=[S])(=[S])(=[S])(=[S])(=[S])(=[S])=[S]. The van der Waals surface area contributed by atoms with E-state index in [0.29, 0.717) is 0 Å². The van der Waals surface area contributed by atoms with Gasteiger partial charge in [0, 0.05) is 0 Å². The number of hydrogen-bond donors (Lipinski definition) is 0. The van der Waals surface area contributed by atoms with E-state index < -0.39 is -4.47 Å². The van der Waals surface area contributed by atoms with Gasteiger partial charge >= 0.3 is 80.4 Å². The Morgan fingerprint density at radius 1 is 0.444 bits per heavy atom. The Labute approximate surface area is 78.9 Å². The topological polar surface area (TPSA) is 0 Å². The van der Waals surface area contributed by atoms with Crippen molar-refractivity contribution >= 4 is 84.8 Å². The first-order valence-corrected chi connectivity index (χ1v) is 13.5. The fourth-order valence-corrected chi connectivity index (χ4v) is 0. The van der Waals surface area contributed by atoms with Crippen LogP contribution in [0.15, 0.2) is 0 Å². The second-order valence-electron chi connectivity index (χ2n) is 1.56. The number of rotatable bonds is 0. The zero-order valence-corrected chi connectivity index (χ0v) is 11.2. The maximum absolute atomic E-state index is 6.11. The molecule has 0 heterocycles. The maximum atomic E-state index is 4.48. The van der Waals surface area contributed by atoms with Crippen molar-refractivity contribution in [1.29, 1.82) is 0 Å². The summed E-state index contributed by atoms with van der Waals surface area (Å²) >= 11 is 0. The van der Waals surface area contributed by atoms with Crippen LogP contribution < -0.4 is 0 Å². The van der Waals surface area contributed by atoms with E-state index in [2.05, 4.69) is 84.8 Å². The van der Waals surface area contributed by atoms with Crippen LogP contribution in [-0.4, -0.2) is 0 Å². The molecular formula is CoS8. The minimum absolute atomic E-state index is 4.48. The van der Waals surface area contributed by atoms with E-state index in [4.69, 9.17) is 0 Å². The van der Waals surface area contributed by atoms with Gasteiger partial charge in [-0.2, -0.15) is 0 Å². The first-order valence-electron chi connectivity index (χ1n) is 1.09. The van der Waals surface area contributed by atoms with Gasteiger partial charge < -0.3 is 0 Å². The van der Waals surface area contributed by atoms with Gasteiger partial charge in [-0.05, 0) is 0 Å². The zero-order valence-electron chi connectivity index (χ0n) is 3.60. The summed E-state index contributed by atoms with van der Waals surface area (Å²) in [5.41, 5.74) is 0. The average Bonchev–Trinajstić information content (AvgIpc) is 0.503. The molecule has 0 atom stereocenters. The van der Waals surface area contributed by atoms with Crippen LogP contribution >= 0.6 is 84.8 Å².